The Hall–Kier alpha value is -1.84. The summed E-state index contributed by atoms with van der Waals surface area (Å²) in [5, 5.41) is 8.96. The predicted molar refractivity (Wildman–Crippen MR) is 51.6 cm³/mol. The molecule has 0 saturated heterocycles. The van der Waals surface area contributed by atoms with Crippen LogP contribution >= 0.6 is 0 Å². The maximum atomic E-state index is 11.5. The van der Waals surface area contributed by atoms with E-state index in [1.54, 1.807) is 24.3 Å². The Kier molecular flexibility index (Phi) is 2.00. The Morgan fingerprint density at radius 3 is 2.80 bits per heavy atom. The molecule has 1 aliphatic rings. The van der Waals surface area contributed by atoms with Gasteiger partial charge in [0.15, 0.2) is 0 Å². The summed E-state index contributed by atoms with van der Waals surface area (Å²) in [6.45, 7) is 1.41. The standard InChI is InChI=1S/C11H10O4/c1-11(10(13)14)6-7-4-2-3-5-8(7)9(12)15-11/h2-5H,6H2,1H3,(H,13,14)/t11-/m1/s1. The lowest BCUT2D eigenvalue weighted by Gasteiger charge is -2.30. The molecule has 1 aromatic rings. The Morgan fingerprint density at radius 2 is 2.13 bits per heavy atom. The fourth-order valence-corrected chi connectivity index (χ4v) is 1.65. The summed E-state index contributed by atoms with van der Waals surface area (Å²) in [7, 11) is 0. The van der Waals surface area contributed by atoms with Crippen LogP contribution < -0.4 is 0 Å². The summed E-state index contributed by atoms with van der Waals surface area (Å²) in [6.07, 6.45) is 0.213. The van der Waals surface area contributed by atoms with Crippen molar-refractivity contribution in [3.8, 4) is 0 Å². The molecular formula is C11H10O4. The van der Waals surface area contributed by atoms with Gasteiger partial charge in [0.05, 0.1) is 5.56 Å². The zero-order valence-corrected chi connectivity index (χ0v) is 8.19. The molecule has 4 heteroatoms. The fraction of sp³-hybridized carbons (Fsp3) is 0.273. The largest absolute Gasteiger partial charge is 0.478 e. The number of aliphatic carboxylic acids is 1. The third-order valence-corrected chi connectivity index (χ3v) is 2.54. The van der Waals surface area contributed by atoms with Crippen LogP contribution in [0.1, 0.15) is 22.8 Å². The number of carbonyl (C=O) groups excluding carboxylic acids is 1. The number of cyclic esters (lactones) is 1. The van der Waals surface area contributed by atoms with Crippen LogP contribution in [0.4, 0.5) is 0 Å². The summed E-state index contributed by atoms with van der Waals surface area (Å²) in [5.74, 6) is -1.69. The topological polar surface area (TPSA) is 63.6 Å². The second-order valence-electron chi connectivity index (χ2n) is 3.76. The molecule has 0 fully saturated rings. The maximum Gasteiger partial charge on any atom is 0.348 e. The highest BCUT2D eigenvalue weighted by Crippen LogP contribution is 2.27. The molecule has 0 radical (unpaired) electrons. The minimum atomic E-state index is -1.44. The van der Waals surface area contributed by atoms with Gasteiger partial charge in [-0.1, -0.05) is 18.2 Å². The van der Waals surface area contributed by atoms with Crippen LogP contribution in [0.3, 0.4) is 0 Å². The Balaban J connectivity index is 2.47. The SMILES string of the molecule is C[C@]1(C(=O)O)Cc2ccccc2C(=O)O1. The molecular weight excluding hydrogens is 196 g/mol. The van der Waals surface area contributed by atoms with Gasteiger partial charge in [-0.2, -0.15) is 0 Å². The second-order valence-corrected chi connectivity index (χ2v) is 3.76. The number of benzene rings is 1. The van der Waals surface area contributed by atoms with Gasteiger partial charge in [-0.05, 0) is 18.6 Å². The van der Waals surface area contributed by atoms with E-state index in [0.29, 0.717) is 5.56 Å². The van der Waals surface area contributed by atoms with Crippen LogP contribution in [0.2, 0.25) is 0 Å². The van der Waals surface area contributed by atoms with Gasteiger partial charge in [0.25, 0.3) is 0 Å². The minimum absolute atomic E-state index is 0.213. The van der Waals surface area contributed by atoms with Gasteiger partial charge in [-0.3, -0.25) is 0 Å². The summed E-state index contributed by atoms with van der Waals surface area (Å²) in [5.41, 5.74) is -0.263. The van der Waals surface area contributed by atoms with Crippen LogP contribution in [0.25, 0.3) is 0 Å². The molecule has 4 nitrogen and oxygen atoms in total. The average molecular weight is 206 g/mol. The molecule has 1 N–H and O–H groups in total. The first-order chi connectivity index (χ1) is 7.03. The quantitative estimate of drug-likeness (QED) is 0.702. The number of ether oxygens (including phenoxy) is 1. The van der Waals surface area contributed by atoms with Gasteiger partial charge in [0.1, 0.15) is 0 Å². The zero-order chi connectivity index (χ0) is 11.1. The monoisotopic (exact) mass is 206 g/mol. The average Bonchev–Trinajstić information content (AvgIpc) is 2.17. The molecule has 0 unspecified atom stereocenters. The van der Waals surface area contributed by atoms with Gasteiger partial charge in [-0.15, -0.1) is 0 Å². The molecule has 2 rings (SSSR count). The normalized spacial score (nSPS) is 24.2. The lowest BCUT2D eigenvalue weighted by atomic mass is 9.90. The van der Waals surface area contributed by atoms with Crippen LogP contribution in [0, 0.1) is 0 Å². The number of rotatable bonds is 1. The lowest BCUT2D eigenvalue weighted by molar-refractivity contribution is -0.158. The molecule has 1 atom stereocenters. The highest BCUT2D eigenvalue weighted by atomic mass is 16.6. The minimum Gasteiger partial charge on any atom is -0.478 e. The Labute approximate surface area is 86.5 Å². The van der Waals surface area contributed by atoms with E-state index in [1.165, 1.54) is 6.92 Å². The van der Waals surface area contributed by atoms with E-state index in [-0.39, 0.29) is 6.42 Å². The molecule has 0 saturated carbocycles. The van der Waals surface area contributed by atoms with Crippen LogP contribution in [-0.4, -0.2) is 22.6 Å². The Morgan fingerprint density at radius 1 is 1.47 bits per heavy atom. The number of hydrogen-bond acceptors (Lipinski definition) is 3. The molecule has 0 aliphatic carbocycles. The predicted octanol–water partition coefficient (Wildman–Crippen LogP) is 1.24. The molecule has 0 spiro atoms. The van der Waals surface area contributed by atoms with Crippen LogP contribution in [0.15, 0.2) is 24.3 Å². The van der Waals surface area contributed by atoms with Gasteiger partial charge in [-0.25, -0.2) is 9.59 Å². The van der Waals surface area contributed by atoms with Crippen molar-refractivity contribution in [2.24, 2.45) is 0 Å². The van der Waals surface area contributed by atoms with E-state index in [1.807, 2.05) is 0 Å². The summed E-state index contributed by atoms with van der Waals surface area (Å²) in [6, 6.07) is 6.89. The highest BCUT2D eigenvalue weighted by Gasteiger charge is 2.42. The molecule has 78 valence electrons. The lowest BCUT2D eigenvalue weighted by Crippen LogP contribution is -2.45. The van der Waals surface area contributed by atoms with Crippen molar-refractivity contribution in [1.82, 2.24) is 0 Å². The third-order valence-electron chi connectivity index (χ3n) is 2.54. The van der Waals surface area contributed by atoms with Crippen molar-refractivity contribution in [3.63, 3.8) is 0 Å². The van der Waals surface area contributed by atoms with Crippen molar-refractivity contribution >= 4 is 11.9 Å². The number of esters is 1. The van der Waals surface area contributed by atoms with Crippen molar-refractivity contribution in [3.05, 3.63) is 35.4 Å². The van der Waals surface area contributed by atoms with Gasteiger partial charge < -0.3 is 9.84 Å². The van der Waals surface area contributed by atoms with E-state index in [2.05, 4.69) is 0 Å². The van der Waals surface area contributed by atoms with Gasteiger partial charge in [0, 0.05) is 6.42 Å². The van der Waals surface area contributed by atoms with Crippen molar-refractivity contribution < 1.29 is 19.4 Å². The highest BCUT2D eigenvalue weighted by molar-refractivity contribution is 5.95. The first kappa shape index (κ1) is 9.71. The van der Waals surface area contributed by atoms with Crippen LogP contribution in [-0.2, 0) is 16.0 Å². The van der Waals surface area contributed by atoms with E-state index in [4.69, 9.17) is 9.84 Å². The van der Waals surface area contributed by atoms with E-state index in [9.17, 15) is 9.59 Å². The molecule has 0 amide bonds. The Bertz CT molecular complexity index is 438. The van der Waals surface area contributed by atoms with E-state index < -0.39 is 17.5 Å². The molecule has 1 aliphatic heterocycles. The van der Waals surface area contributed by atoms with Crippen LogP contribution in [0.5, 0.6) is 0 Å². The number of carboxylic acid groups (broad SMARTS) is 1. The number of carbonyl (C=O) groups is 2. The van der Waals surface area contributed by atoms with Gasteiger partial charge >= 0.3 is 11.9 Å². The fourth-order valence-electron chi connectivity index (χ4n) is 1.65. The first-order valence-corrected chi connectivity index (χ1v) is 4.57. The first-order valence-electron chi connectivity index (χ1n) is 4.57. The maximum absolute atomic E-state index is 11.5. The van der Waals surface area contributed by atoms with Crippen molar-refractivity contribution in [1.29, 1.82) is 0 Å². The van der Waals surface area contributed by atoms with E-state index in [0.717, 1.165) is 5.56 Å². The number of fused-ring (bicyclic) bond motifs is 1. The zero-order valence-electron chi connectivity index (χ0n) is 8.19. The molecule has 0 bridgehead atoms. The van der Waals surface area contributed by atoms with E-state index >= 15 is 0 Å². The number of carboxylic acids is 1. The summed E-state index contributed by atoms with van der Waals surface area (Å²) < 4.78 is 4.92. The molecule has 1 heterocycles. The second kappa shape index (κ2) is 3.08. The molecule has 15 heavy (non-hydrogen) atoms. The summed E-state index contributed by atoms with van der Waals surface area (Å²) in [4.78, 5) is 22.5. The van der Waals surface area contributed by atoms with Gasteiger partial charge in [0.2, 0.25) is 5.60 Å². The summed E-state index contributed by atoms with van der Waals surface area (Å²) >= 11 is 0. The van der Waals surface area contributed by atoms with Crippen molar-refractivity contribution in [2.75, 3.05) is 0 Å². The molecule has 1 aromatic carbocycles. The molecule has 0 aromatic heterocycles. The third kappa shape index (κ3) is 1.48. The smallest absolute Gasteiger partial charge is 0.348 e. The van der Waals surface area contributed by atoms with Crippen molar-refractivity contribution in [2.45, 2.75) is 18.9 Å². The number of hydrogen-bond donors (Lipinski definition) is 1.